The summed E-state index contributed by atoms with van der Waals surface area (Å²) in [4.78, 5) is 30.7. The molecule has 4 rings (SSSR count). The number of likely N-dealkylation sites (tertiary alicyclic amines) is 1. The molecule has 0 unspecified atom stereocenters. The van der Waals surface area contributed by atoms with Gasteiger partial charge in [0, 0.05) is 57.4 Å². The van der Waals surface area contributed by atoms with Crippen LogP contribution in [-0.2, 0) is 10.0 Å². The second-order valence-corrected chi connectivity index (χ2v) is 12.0. The quantitative estimate of drug-likeness (QED) is 0.565. The molecular formula is C27H35N3O4S. The fraction of sp³-hybridized carbons (Fsp3) is 0.481. The Morgan fingerprint density at radius 3 is 2.11 bits per heavy atom. The van der Waals surface area contributed by atoms with Gasteiger partial charge in [0.2, 0.25) is 10.0 Å². The molecule has 2 aromatic rings. The number of hydrogen-bond donors (Lipinski definition) is 0. The molecule has 0 spiro atoms. The molecule has 0 aromatic heterocycles. The standard InChI is InChI=1S/C27H35N3O4S/c1-20-7-9-21(10-8-20)26(31)22-13-17-30(18-14-22)27(32)24-19-23(35(33,34)28(2)3)11-12-25(24)29-15-5-4-6-16-29/h7-12,19,22H,4-6,13-18H2,1-3H3. The second kappa shape index (κ2) is 10.5. The molecule has 0 radical (unpaired) electrons. The number of nitrogens with zero attached hydrogens (tertiary/aromatic N) is 3. The van der Waals surface area contributed by atoms with Gasteiger partial charge < -0.3 is 9.80 Å². The summed E-state index contributed by atoms with van der Waals surface area (Å²) in [5.74, 6) is -0.142. The zero-order valence-corrected chi connectivity index (χ0v) is 21.7. The summed E-state index contributed by atoms with van der Waals surface area (Å²) in [7, 11) is -0.683. The summed E-state index contributed by atoms with van der Waals surface area (Å²) in [6, 6.07) is 12.6. The fourth-order valence-electron chi connectivity index (χ4n) is 4.94. The van der Waals surface area contributed by atoms with Gasteiger partial charge in [0.1, 0.15) is 0 Å². The van der Waals surface area contributed by atoms with Crippen LogP contribution in [0.3, 0.4) is 0 Å². The Kier molecular flexibility index (Phi) is 7.62. The van der Waals surface area contributed by atoms with Crippen molar-refractivity contribution in [3.8, 4) is 0 Å². The van der Waals surface area contributed by atoms with Crippen molar-refractivity contribution in [2.24, 2.45) is 5.92 Å². The summed E-state index contributed by atoms with van der Waals surface area (Å²) in [6.45, 7) is 4.66. The van der Waals surface area contributed by atoms with E-state index in [1.165, 1.54) is 24.5 Å². The Hall–Kier alpha value is -2.71. The predicted octanol–water partition coefficient (Wildman–Crippen LogP) is 3.97. The number of hydrogen-bond acceptors (Lipinski definition) is 5. The highest BCUT2D eigenvalue weighted by atomic mass is 32.2. The Morgan fingerprint density at radius 1 is 0.886 bits per heavy atom. The largest absolute Gasteiger partial charge is 0.371 e. The van der Waals surface area contributed by atoms with Gasteiger partial charge in [-0.15, -0.1) is 0 Å². The van der Waals surface area contributed by atoms with E-state index in [0.717, 1.165) is 43.6 Å². The van der Waals surface area contributed by atoms with Gasteiger partial charge in [0.15, 0.2) is 5.78 Å². The minimum Gasteiger partial charge on any atom is -0.371 e. The van der Waals surface area contributed by atoms with Gasteiger partial charge in [0.25, 0.3) is 5.91 Å². The van der Waals surface area contributed by atoms with Crippen LogP contribution in [0.2, 0.25) is 0 Å². The van der Waals surface area contributed by atoms with Crippen LogP contribution in [0.1, 0.15) is 58.4 Å². The Morgan fingerprint density at radius 2 is 1.51 bits per heavy atom. The van der Waals surface area contributed by atoms with Gasteiger partial charge >= 0.3 is 0 Å². The van der Waals surface area contributed by atoms with E-state index in [2.05, 4.69) is 4.90 Å². The molecule has 2 aliphatic rings. The van der Waals surface area contributed by atoms with Crippen LogP contribution in [0.25, 0.3) is 0 Å². The normalized spacial score (nSPS) is 17.6. The van der Waals surface area contributed by atoms with Crippen LogP contribution < -0.4 is 4.90 Å². The van der Waals surface area contributed by atoms with Crippen LogP contribution in [0.5, 0.6) is 0 Å². The Balaban J connectivity index is 1.55. The molecule has 0 bridgehead atoms. The lowest BCUT2D eigenvalue weighted by molar-refractivity contribution is 0.0650. The Labute approximate surface area is 208 Å². The smallest absolute Gasteiger partial charge is 0.256 e. The first-order valence-electron chi connectivity index (χ1n) is 12.4. The lowest BCUT2D eigenvalue weighted by atomic mass is 9.88. The number of piperidine rings is 2. The van der Waals surface area contributed by atoms with E-state index < -0.39 is 10.0 Å². The number of carbonyl (C=O) groups is 2. The monoisotopic (exact) mass is 497 g/mol. The third-order valence-corrected chi connectivity index (χ3v) is 8.97. The fourth-order valence-corrected chi connectivity index (χ4v) is 5.87. The molecule has 0 aliphatic carbocycles. The number of carbonyl (C=O) groups excluding carboxylic acids is 2. The van der Waals surface area contributed by atoms with Crippen LogP contribution in [-0.4, -0.2) is 69.6 Å². The highest BCUT2D eigenvalue weighted by molar-refractivity contribution is 7.89. The van der Waals surface area contributed by atoms with Crippen molar-refractivity contribution >= 4 is 27.4 Å². The molecule has 35 heavy (non-hydrogen) atoms. The molecule has 0 saturated carbocycles. The molecular weight excluding hydrogens is 462 g/mol. The first kappa shape index (κ1) is 25.4. The van der Waals surface area contributed by atoms with Crippen molar-refractivity contribution in [2.45, 2.75) is 43.9 Å². The molecule has 0 N–H and O–H groups in total. The maximum Gasteiger partial charge on any atom is 0.256 e. The number of anilines is 1. The van der Waals surface area contributed by atoms with E-state index in [0.29, 0.717) is 37.1 Å². The number of Topliss-reactive ketones (excluding diaryl/α,β-unsaturated/α-hetero) is 1. The predicted molar refractivity (Wildman–Crippen MR) is 138 cm³/mol. The van der Waals surface area contributed by atoms with E-state index in [1.54, 1.807) is 17.0 Å². The molecule has 0 atom stereocenters. The third-order valence-electron chi connectivity index (χ3n) is 7.16. The molecule has 8 heteroatoms. The SMILES string of the molecule is Cc1ccc(C(=O)C2CCN(C(=O)c3cc(S(=O)(=O)N(C)C)ccc3N3CCCCC3)CC2)cc1. The first-order valence-corrected chi connectivity index (χ1v) is 13.8. The highest BCUT2D eigenvalue weighted by Gasteiger charge is 2.31. The maximum absolute atomic E-state index is 13.7. The van der Waals surface area contributed by atoms with E-state index in [4.69, 9.17) is 0 Å². The molecule has 2 heterocycles. The number of sulfonamides is 1. The molecule has 2 aliphatic heterocycles. The van der Waals surface area contributed by atoms with E-state index in [1.807, 2.05) is 31.2 Å². The summed E-state index contributed by atoms with van der Waals surface area (Å²) >= 11 is 0. The minimum absolute atomic E-state index is 0.108. The highest BCUT2D eigenvalue weighted by Crippen LogP contribution is 2.30. The maximum atomic E-state index is 13.7. The zero-order chi connectivity index (χ0) is 25.2. The van der Waals surface area contributed by atoms with Crippen LogP contribution in [0.4, 0.5) is 5.69 Å². The zero-order valence-electron chi connectivity index (χ0n) is 20.9. The molecule has 2 aromatic carbocycles. The number of ketones is 1. The Bertz CT molecular complexity index is 1180. The molecule has 7 nitrogen and oxygen atoms in total. The van der Waals surface area contributed by atoms with Crippen molar-refractivity contribution in [3.63, 3.8) is 0 Å². The van der Waals surface area contributed by atoms with Crippen molar-refractivity contribution in [2.75, 3.05) is 45.2 Å². The topological polar surface area (TPSA) is 78.0 Å². The van der Waals surface area contributed by atoms with Gasteiger partial charge in [-0.2, -0.15) is 0 Å². The van der Waals surface area contributed by atoms with Gasteiger partial charge in [-0.3, -0.25) is 9.59 Å². The van der Waals surface area contributed by atoms with Crippen molar-refractivity contribution in [1.82, 2.24) is 9.21 Å². The molecule has 188 valence electrons. The number of rotatable bonds is 6. The van der Waals surface area contributed by atoms with Gasteiger partial charge in [0.05, 0.1) is 10.5 Å². The minimum atomic E-state index is -3.67. The van der Waals surface area contributed by atoms with E-state index >= 15 is 0 Å². The van der Waals surface area contributed by atoms with Crippen LogP contribution in [0, 0.1) is 12.8 Å². The van der Waals surface area contributed by atoms with Crippen LogP contribution >= 0.6 is 0 Å². The number of amides is 1. The van der Waals surface area contributed by atoms with E-state index in [-0.39, 0.29) is 22.5 Å². The number of benzene rings is 2. The summed E-state index contributed by atoms with van der Waals surface area (Å²) < 4.78 is 26.8. The third kappa shape index (κ3) is 5.43. The average molecular weight is 498 g/mol. The van der Waals surface area contributed by atoms with E-state index in [9.17, 15) is 18.0 Å². The molecule has 2 saturated heterocycles. The van der Waals surface area contributed by atoms with Gasteiger partial charge in [-0.05, 0) is 57.2 Å². The van der Waals surface area contributed by atoms with Crippen molar-refractivity contribution in [1.29, 1.82) is 0 Å². The second-order valence-electron chi connectivity index (χ2n) is 9.81. The molecule has 2 fully saturated rings. The molecule has 1 amide bonds. The summed E-state index contributed by atoms with van der Waals surface area (Å²) in [5, 5.41) is 0. The summed E-state index contributed by atoms with van der Waals surface area (Å²) in [5.41, 5.74) is 3.06. The van der Waals surface area contributed by atoms with Crippen LogP contribution in [0.15, 0.2) is 47.4 Å². The lowest BCUT2D eigenvalue weighted by Gasteiger charge is -2.34. The van der Waals surface area contributed by atoms with Gasteiger partial charge in [-0.1, -0.05) is 29.8 Å². The lowest BCUT2D eigenvalue weighted by Crippen LogP contribution is -2.41. The number of aryl methyl sites for hydroxylation is 1. The first-order chi connectivity index (χ1) is 16.7. The average Bonchev–Trinajstić information content (AvgIpc) is 2.88. The van der Waals surface area contributed by atoms with Crippen molar-refractivity contribution in [3.05, 3.63) is 59.2 Å². The summed E-state index contributed by atoms with van der Waals surface area (Å²) in [6.07, 6.45) is 4.48. The van der Waals surface area contributed by atoms with Crippen molar-refractivity contribution < 1.29 is 18.0 Å². The van der Waals surface area contributed by atoms with Gasteiger partial charge in [-0.25, -0.2) is 12.7 Å².